The molecule has 0 spiro atoms. The van der Waals surface area contributed by atoms with Crippen LogP contribution in [0, 0.1) is 11.3 Å². The zero-order valence-corrected chi connectivity index (χ0v) is 7.85. The van der Waals surface area contributed by atoms with E-state index >= 15 is 0 Å². The summed E-state index contributed by atoms with van der Waals surface area (Å²) < 4.78 is 0. The molecule has 1 saturated heterocycles. The zero-order valence-electron chi connectivity index (χ0n) is 7.85. The SMILES string of the molecule is CC(C)(C)C1NCCC1CN. The molecule has 2 atom stereocenters. The number of hydrogen-bond acceptors (Lipinski definition) is 2. The Balaban J connectivity index is 2.57. The van der Waals surface area contributed by atoms with Crippen LogP contribution in [0.2, 0.25) is 0 Å². The first-order chi connectivity index (χ1) is 5.05. The highest BCUT2D eigenvalue weighted by molar-refractivity contribution is 4.91. The third-order valence-corrected chi connectivity index (χ3v) is 2.59. The molecule has 1 rings (SSSR count). The lowest BCUT2D eigenvalue weighted by Crippen LogP contribution is -2.41. The molecule has 0 bridgehead atoms. The van der Waals surface area contributed by atoms with Crippen molar-refractivity contribution in [2.75, 3.05) is 13.1 Å². The van der Waals surface area contributed by atoms with Crippen LogP contribution in [0.5, 0.6) is 0 Å². The van der Waals surface area contributed by atoms with Gasteiger partial charge in [0, 0.05) is 6.04 Å². The molecule has 2 unspecified atom stereocenters. The Kier molecular flexibility index (Phi) is 2.55. The summed E-state index contributed by atoms with van der Waals surface area (Å²) in [5.74, 6) is 0.690. The molecule has 0 saturated carbocycles. The minimum Gasteiger partial charge on any atom is -0.330 e. The predicted molar refractivity (Wildman–Crippen MR) is 48.4 cm³/mol. The first-order valence-electron chi connectivity index (χ1n) is 4.49. The smallest absolute Gasteiger partial charge is 0.0156 e. The van der Waals surface area contributed by atoms with Gasteiger partial charge in [-0.25, -0.2) is 0 Å². The molecular weight excluding hydrogens is 136 g/mol. The van der Waals surface area contributed by atoms with E-state index < -0.39 is 0 Å². The maximum Gasteiger partial charge on any atom is 0.0156 e. The van der Waals surface area contributed by atoms with Crippen LogP contribution in [0.25, 0.3) is 0 Å². The van der Waals surface area contributed by atoms with Crippen LogP contribution in [-0.4, -0.2) is 19.1 Å². The highest BCUT2D eigenvalue weighted by Gasteiger charge is 2.34. The molecule has 1 fully saturated rings. The fraction of sp³-hybridized carbons (Fsp3) is 1.00. The summed E-state index contributed by atoms with van der Waals surface area (Å²) >= 11 is 0. The highest BCUT2D eigenvalue weighted by atomic mass is 15.0. The molecule has 0 aromatic carbocycles. The fourth-order valence-electron chi connectivity index (χ4n) is 2.02. The third-order valence-electron chi connectivity index (χ3n) is 2.59. The van der Waals surface area contributed by atoms with Gasteiger partial charge < -0.3 is 11.1 Å². The molecule has 2 nitrogen and oxygen atoms in total. The van der Waals surface area contributed by atoms with Crippen molar-refractivity contribution in [2.45, 2.75) is 33.2 Å². The lowest BCUT2D eigenvalue weighted by Gasteiger charge is -2.31. The maximum absolute atomic E-state index is 5.68. The van der Waals surface area contributed by atoms with E-state index in [0.717, 1.165) is 13.1 Å². The third kappa shape index (κ3) is 1.94. The van der Waals surface area contributed by atoms with Gasteiger partial charge in [0.05, 0.1) is 0 Å². The van der Waals surface area contributed by atoms with E-state index in [1.54, 1.807) is 0 Å². The second-order valence-electron chi connectivity index (χ2n) is 4.58. The first kappa shape index (κ1) is 9.01. The molecule has 1 aliphatic rings. The van der Waals surface area contributed by atoms with E-state index in [1.165, 1.54) is 6.42 Å². The average molecular weight is 156 g/mol. The van der Waals surface area contributed by atoms with Crippen LogP contribution in [0.3, 0.4) is 0 Å². The Morgan fingerprint density at radius 2 is 2.09 bits per heavy atom. The summed E-state index contributed by atoms with van der Waals surface area (Å²) in [6.07, 6.45) is 1.25. The lowest BCUT2D eigenvalue weighted by atomic mass is 9.80. The summed E-state index contributed by atoms with van der Waals surface area (Å²) in [4.78, 5) is 0. The minimum atomic E-state index is 0.362. The number of rotatable bonds is 1. The average Bonchev–Trinajstić information content (AvgIpc) is 2.31. The molecule has 11 heavy (non-hydrogen) atoms. The largest absolute Gasteiger partial charge is 0.330 e. The van der Waals surface area contributed by atoms with E-state index in [-0.39, 0.29) is 0 Å². The summed E-state index contributed by atoms with van der Waals surface area (Å²) in [6, 6.07) is 0.618. The van der Waals surface area contributed by atoms with E-state index in [4.69, 9.17) is 5.73 Å². The molecule has 1 aliphatic heterocycles. The van der Waals surface area contributed by atoms with Gasteiger partial charge in [-0.2, -0.15) is 0 Å². The van der Waals surface area contributed by atoms with Gasteiger partial charge in [0.25, 0.3) is 0 Å². The summed E-state index contributed by atoms with van der Waals surface area (Å²) in [7, 11) is 0. The van der Waals surface area contributed by atoms with Crippen molar-refractivity contribution >= 4 is 0 Å². The number of nitrogens with two attached hydrogens (primary N) is 1. The van der Waals surface area contributed by atoms with Gasteiger partial charge in [-0.05, 0) is 30.8 Å². The van der Waals surface area contributed by atoms with Crippen LogP contribution in [0.1, 0.15) is 27.2 Å². The first-order valence-corrected chi connectivity index (χ1v) is 4.49. The van der Waals surface area contributed by atoms with Gasteiger partial charge in [-0.15, -0.1) is 0 Å². The predicted octanol–water partition coefficient (Wildman–Crippen LogP) is 0.969. The Hall–Kier alpha value is -0.0800. The van der Waals surface area contributed by atoms with Crippen LogP contribution in [-0.2, 0) is 0 Å². The Morgan fingerprint density at radius 3 is 2.45 bits per heavy atom. The quantitative estimate of drug-likeness (QED) is 0.593. The monoisotopic (exact) mass is 156 g/mol. The fourth-order valence-corrected chi connectivity index (χ4v) is 2.02. The molecule has 66 valence electrons. The van der Waals surface area contributed by atoms with Crippen LogP contribution >= 0.6 is 0 Å². The van der Waals surface area contributed by atoms with Gasteiger partial charge in [-0.1, -0.05) is 20.8 Å². The molecule has 2 heteroatoms. The van der Waals surface area contributed by atoms with Crippen molar-refractivity contribution in [1.82, 2.24) is 5.32 Å². The molecule has 0 aromatic rings. The molecule has 0 aromatic heterocycles. The summed E-state index contributed by atoms with van der Waals surface area (Å²) in [5, 5.41) is 3.52. The highest BCUT2D eigenvalue weighted by Crippen LogP contribution is 2.29. The standard InChI is InChI=1S/C9H20N2/c1-9(2,3)8-7(6-10)4-5-11-8/h7-8,11H,4-6,10H2,1-3H3. The van der Waals surface area contributed by atoms with E-state index in [0.29, 0.717) is 17.4 Å². The normalized spacial score (nSPS) is 32.7. The van der Waals surface area contributed by atoms with Crippen molar-refractivity contribution in [3.63, 3.8) is 0 Å². The number of hydrogen-bond donors (Lipinski definition) is 2. The van der Waals surface area contributed by atoms with Crippen molar-refractivity contribution < 1.29 is 0 Å². The minimum absolute atomic E-state index is 0.362. The van der Waals surface area contributed by atoms with Crippen molar-refractivity contribution in [2.24, 2.45) is 17.1 Å². The van der Waals surface area contributed by atoms with Gasteiger partial charge >= 0.3 is 0 Å². The van der Waals surface area contributed by atoms with Crippen molar-refractivity contribution in [1.29, 1.82) is 0 Å². The Labute approximate surface area is 69.5 Å². The van der Waals surface area contributed by atoms with Gasteiger partial charge in [0.1, 0.15) is 0 Å². The summed E-state index contributed by atoms with van der Waals surface area (Å²) in [5.41, 5.74) is 6.04. The molecule has 0 amide bonds. The van der Waals surface area contributed by atoms with Gasteiger partial charge in [0.15, 0.2) is 0 Å². The van der Waals surface area contributed by atoms with E-state index in [9.17, 15) is 0 Å². The van der Waals surface area contributed by atoms with Gasteiger partial charge in [-0.3, -0.25) is 0 Å². The molecule has 3 N–H and O–H groups in total. The second-order valence-corrected chi connectivity index (χ2v) is 4.58. The van der Waals surface area contributed by atoms with Crippen LogP contribution in [0.15, 0.2) is 0 Å². The van der Waals surface area contributed by atoms with E-state index in [2.05, 4.69) is 26.1 Å². The maximum atomic E-state index is 5.68. The zero-order chi connectivity index (χ0) is 8.48. The Bertz CT molecular complexity index is 126. The summed E-state index contributed by atoms with van der Waals surface area (Å²) in [6.45, 7) is 8.80. The topological polar surface area (TPSA) is 38.0 Å². The van der Waals surface area contributed by atoms with Crippen molar-refractivity contribution in [3.8, 4) is 0 Å². The second kappa shape index (κ2) is 3.11. The van der Waals surface area contributed by atoms with Gasteiger partial charge in [0.2, 0.25) is 0 Å². The number of nitrogens with one attached hydrogen (secondary N) is 1. The molecule has 1 heterocycles. The van der Waals surface area contributed by atoms with E-state index in [1.807, 2.05) is 0 Å². The van der Waals surface area contributed by atoms with Crippen LogP contribution < -0.4 is 11.1 Å². The molecule has 0 radical (unpaired) electrons. The molecule has 0 aliphatic carbocycles. The van der Waals surface area contributed by atoms with Crippen LogP contribution in [0.4, 0.5) is 0 Å². The molecular formula is C9H20N2. The van der Waals surface area contributed by atoms with Crippen molar-refractivity contribution in [3.05, 3.63) is 0 Å². The Morgan fingerprint density at radius 1 is 1.45 bits per heavy atom. The lowest BCUT2D eigenvalue weighted by molar-refractivity contribution is 0.242.